The molecule has 7 heteroatoms. The van der Waals surface area contributed by atoms with E-state index in [-0.39, 0.29) is 5.95 Å². The van der Waals surface area contributed by atoms with E-state index >= 15 is 0 Å². The molecule has 0 aliphatic rings. The van der Waals surface area contributed by atoms with Crippen LogP contribution in [-0.2, 0) is 0 Å². The van der Waals surface area contributed by atoms with Gasteiger partial charge >= 0.3 is 0 Å². The van der Waals surface area contributed by atoms with Crippen LogP contribution >= 0.6 is 23.2 Å². The van der Waals surface area contributed by atoms with Gasteiger partial charge in [-0.2, -0.15) is 4.98 Å². The van der Waals surface area contributed by atoms with Crippen LogP contribution in [0.1, 0.15) is 0 Å². The van der Waals surface area contributed by atoms with Crippen LogP contribution in [0.3, 0.4) is 0 Å². The van der Waals surface area contributed by atoms with E-state index in [1.807, 2.05) is 24.3 Å². The van der Waals surface area contributed by atoms with E-state index in [2.05, 4.69) is 38.7 Å². The molecular formula is C18H13Cl2N5. The molecule has 25 heavy (non-hydrogen) atoms. The fourth-order valence-corrected chi connectivity index (χ4v) is 3.50. The SMILES string of the molecule is Nc1nc(Nc2cc(Cl)c(-c3cccc4ccccc34)c(Cl)c2)n[nH]1. The number of benzene rings is 3. The Balaban J connectivity index is 1.80. The van der Waals surface area contributed by atoms with Crippen molar-refractivity contribution in [3.8, 4) is 11.1 Å². The standard InChI is InChI=1S/C18H13Cl2N5/c19-14-8-11(22-18-23-17(21)24-25-18)9-15(20)16(14)13-7-3-5-10-4-1-2-6-12(10)13/h1-9H,(H4,21,22,23,24,25). The van der Waals surface area contributed by atoms with Crippen molar-refractivity contribution in [3.05, 3.63) is 64.6 Å². The van der Waals surface area contributed by atoms with Crippen LogP contribution in [0, 0.1) is 0 Å². The molecule has 0 radical (unpaired) electrons. The summed E-state index contributed by atoms with van der Waals surface area (Å²) < 4.78 is 0. The zero-order chi connectivity index (χ0) is 17.4. The number of nitrogens with one attached hydrogen (secondary N) is 2. The normalized spacial score (nSPS) is 11.0. The predicted octanol–water partition coefficient (Wildman–Crippen LogP) is 5.26. The maximum Gasteiger partial charge on any atom is 0.248 e. The summed E-state index contributed by atoms with van der Waals surface area (Å²) in [6.07, 6.45) is 0. The van der Waals surface area contributed by atoms with Crippen LogP contribution in [0.15, 0.2) is 54.6 Å². The smallest absolute Gasteiger partial charge is 0.248 e. The van der Waals surface area contributed by atoms with Crippen molar-refractivity contribution in [2.45, 2.75) is 0 Å². The van der Waals surface area contributed by atoms with Crippen molar-refractivity contribution in [1.82, 2.24) is 15.2 Å². The first-order valence-corrected chi connectivity index (χ1v) is 8.29. The third kappa shape index (κ3) is 2.99. The summed E-state index contributed by atoms with van der Waals surface area (Å²) in [5, 5.41) is 12.8. The summed E-state index contributed by atoms with van der Waals surface area (Å²) in [6.45, 7) is 0. The molecule has 4 N–H and O–H groups in total. The van der Waals surface area contributed by atoms with Crippen LogP contribution < -0.4 is 11.1 Å². The molecule has 3 aromatic carbocycles. The van der Waals surface area contributed by atoms with Crippen molar-refractivity contribution >= 4 is 51.6 Å². The van der Waals surface area contributed by atoms with Crippen LogP contribution in [0.4, 0.5) is 17.6 Å². The molecule has 0 aliphatic carbocycles. The lowest BCUT2D eigenvalue weighted by molar-refractivity contribution is 1.10. The molecule has 0 atom stereocenters. The number of fused-ring (bicyclic) bond motifs is 1. The molecule has 0 amide bonds. The van der Waals surface area contributed by atoms with Crippen molar-refractivity contribution in [1.29, 1.82) is 0 Å². The van der Waals surface area contributed by atoms with Crippen molar-refractivity contribution in [3.63, 3.8) is 0 Å². The van der Waals surface area contributed by atoms with Crippen LogP contribution in [-0.4, -0.2) is 15.2 Å². The third-order valence-electron chi connectivity index (χ3n) is 3.86. The van der Waals surface area contributed by atoms with Gasteiger partial charge in [-0.25, -0.2) is 5.10 Å². The van der Waals surface area contributed by atoms with E-state index in [1.54, 1.807) is 12.1 Å². The minimum Gasteiger partial charge on any atom is -0.368 e. The van der Waals surface area contributed by atoms with Crippen molar-refractivity contribution < 1.29 is 0 Å². The molecule has 0 bridgehead atoms. The van der Waals surface area contributed by atoms with E-state index in [1.165, 1.54) is 0 Å². The Morgan fingerprint density at radius 1 is 0.960 bits per heavy atom. The van der Waals surface area contributed by atoms with Gasteiger partial charge in [0.05, 0.1) is 10.0 Å². The molecule has 1 aromatic heterocycles. The number of aromatic amines is 1. The van der Waals surface area contributed by atoms with E-state index in [0.717, 1.165) is 21.9 Å². The Kier molecular flexibility index (Phi) is 3.95. The molecule has 1 heterocycles. The first-order chi connectivity index (χ1) is 12.1. The molecule has 4 aromatic rings. The maximum atomic E-state index is 6.54. The highest BCUT2D eigenvalue weighted by Gasteiger charge is 2.14. The van der Waals surface area contributed by atoms with Crippen LogP contribution in [0.2, 0.25) is 10.0 Å². The zero-order valence-corrected chi connectivity index (χ0v) is 14.4. The summed E-state index contributed by atoms with van der Waals surface area (Å²) in [4.78, 5) is 4.00. The Hall–Kier alpha value is -2.76. The number of H-pyrrole nitrogens is 1. The van der Waals surface area contributed by atoms with Gasteiger partial charge in [0.25, 0.3) is 0 Å². The fourth-order valence-electron chi connectivity index (χ4n) is 2.81. The molecule has 0 fully saturated rings. The second-order valence-electron chi connectivity index (χ2n) is 5.51. The van der Waals surface area contributed by atoms with Crippen LogP contribution in [0.5, 0.6) is 0 Å². The molecule has 5 nitrogen and oxygen atoms in total. The first-order valence-electron chi connectivity index (χ1n) is 7.54. The molecule has 4 rings (SSSR count). The van der Waals surface area contributed by atoms with Gasteiger partial charge < -0.3 is 11.1 Å². The number of nitrogens with two attached hydrogens (primary N) is 1. The van der Waals surface area contributed by atoms with E-state index in [9.17, 15) is 0 Å². The number of nitrogens with zero attached hydrogens (tertiary/aromatic N) is 2. The van der Waals surface area contributed by atoms with Gasteiger partial charge in [-0.05, 0) is 28.5 Å². The highest BCUT2D eigenvalue weighted by molar-refractivity contribution is 6.40. The summed E-state index contributed by atoms with van der Waals surface area (Å²) in [5.74, 6) is 0.578. The monoisotopic (exact) mass is 369 g/mol. The fraction of sp³-hybridized carbons (Fsp3) is 0. The van der Waals surface area contributed by atoms with Gasteiger partial charge in [0.1, 0.15) is 0 Å². The number of rotatable bonds is 3. The Bertz CT molecular complexity index is 1050. The molecule has 0 saturated carbocycles. The Labute approximate surface area is 153 Å². The van der Waals surface area contributed by atoms with Crippen LogP contribution in [0.25, 0.3) is 21.9 Å². The molecule has 0 aliphatic heterocycles. The lowest BCUT2D eigenvalue weighted by atomic mass is 9.98. The molecule has 0 spiro atoms. The van der Waals surface area contributed by atoms with E-state index in [4.69, 9.17) is 28.9 Å². The summed E-state index contributed by atoms with van der Waals surface area (Å²) in [5.41, 5.74) is 7.98. The predicted molar refractivity (Wildman–Crippen MR) is 103 cm³/mol. The van der Waals surface area contributed by atoms with Gasteiger partial charge in [0, 0.05) is 11.3 Å². The van der Waals surface area contributed by atoms with Gasteiger partial charge in [0.15, 0.2) is 0 Å². The Morgan fingerprint density at radius 2 is 1.68 bits per heavy atom. The van der Waals surface area contributed by atoms with E-state index in [0.29, 0.717) is 21.7 Å². The van der Waals surface area contributed by atoms with Gasteiger partial charge in [-0.3, -0.25) is 0 Å². The average molecular weight is 370 g/mol. The average Bonchev–Trinajstić information content (AvgIpc) is 2.99. The summed E-state index contributed by atoms with van der Waals surface area (Å²) in [7, 11) is 0. The van der Waals surface area contributed by atoms with Gasteiger partial charge in [0.2, 0.25) is 11.9 Å². The Morgan fingerprint density at radius 3 is 2.40 bits per heavy atom. The van der Waals surface area contributed by atoms with Crippen molar-refractivity contribution in [2.75, 3.05) is 11.1 Å². The van der Waals surface area contributed by atoms with E-state index < -0.39 is 0 Å². The minimum absolute atomic E-state index is 0.229. The number of anilines is 3. The third-order valence-corrected chi connectivity index (χ3v) is 4.46. The zero-order valence-electron chi connectivity index (χ0n) is 12.9. The molecular weight excluding hydrogens is 357 g/mol. The topological polar surface area (TPSA) is 79.6 Å². The van der Waals surface area contributed by atoms with Gasteiger partial charge in [-0.15, -0.1) is 5.10 Å². The van der Waals surface area contributed by atoms with Crippen molar-refractivity contribution in [2.24, 2.45) is 0 Å². The lowest BCUT2D eigenvalue weighted by Gasteiger charge is -2.13. The minimum atomic E-state index is 0.229. The second kappa shape index (κ2) is 6.27. The number of hydrogen-bond donors (Lipinski definition) is 3. The number of halogens is 2. The molecule has 0 unspecified atom stereocenters. The number of hydrogen-bond acceptors (Lipinski definition) is 4. The largest absolute Gasteiger partial charge is 0.368 e. The highest BCUT2D eigenvalue weighted by Crippen LogP contribution is 2.40. The summed E-state index contributed by atoms with van der Waals surface area (Å²) in [6, 6.07) is 17.8. The lowest BCUT2D eigenvalue weighted by Crippen LogP contribution is -1.94. The highest BCUT2D eigenvalue weighted by atomic mass is 35.5. The summed E-state index contributed by atoms with van der Waals surface area (Å²) >= 11 is 13.1. The number of aromatic nitrogens is 3. The quantitative estimate of drug-likeness (QED) is 0.460. The maximum absolute atomic E-state index is 6.54. The second-order valence-corrected chi connectivity index (χ2v) is 6.33. The molecule has 0 saturated heterocycles. The van der Waals surface area contributed by atoms with Gasteiger partial charge in [-0.1, -0.05) is 65.7 Å². The number of nitrogen functional groups attached to an aromatic ring is 1. The molecule has 124 valence electrons. The first kappa shape index (κ1) is 15.7.